The van der Waals surface area contributed by atoms with Crippen molar-refractivity contribution in [3.63, 3.8) is 0 Å². The summed E-state index contributed by atoms with van der Waals surface area (Å²) in [5.74, 6) is -0.713. The number of nitrogens with zero attached hydrogens (tertiary/aromatic N) is 2. The van der Waals surface area contributed by atoms with E-state index in [2.05, 4.69) is 4.98 Å². The number of amides is 1. The third-order valence-corrected chi connectivity index (χ3v) is 6.12. The average Bonchev–Trinajstić information content (AvgIpc) is 3.04. The maximum atomic E-state index is 14.9. The summed E-state index contributed by atoms with van der Waals surface area (Å²) < 4.78 is 26.9. The van der Waals surface area contributed by atoms with Crippen molar-refractivity contribution in [2.75, 3.05) is 0 Å². The molecule has 0 spiro atoms. The SMILES string of the molecule is CC1(C)OB(c2cc(F)c(CN3Cc4cccnc4C3=O)c(Cl)c2)OC1(C)C. The molecule has 0 radical (unpaired) electrons. The molecule has 0 saturated carbocycles. The lowest BCUT2D eigenvalue weighted by Crippen LogP contribution is -2.41. The lowest BCUT2D eigenvalue weighted by Gasteiger charge is -2.32. The summed E-state index contributed by atoms with van der Waals surface area (Å²) in [5, 5.41) is 0.237. The summed E-state index contributed by atoms with van der Waals surface area (Å²) >= 11 is 6.39. The van der Waals surface area contributed by atoms with Crippen molar-refractivity contribution in [2.24, 2.45) is 0 Å². The van der Waals surface area contributed by atoms with Gasteiger partial charge in [0.25, 0.3) is 5.91 Å². The Labute approximate surface area is 168 Å². The Morgan fingerprint density at radius 2 is 1.93 bits per heavy atom. The van der Waals surface area contributed by atoms with E-state index in [0.29, 0.717) is 17.7 Å². The van der Waals surface area contributed by atoms with Gasteiger partial charge in [0.15, 0.2) is 0 Å². The van der Waals surface area contributed by atoms with Crippen molar-refractivity contribution in [3.05, 3.63) is 58.1 Å². The van der Waals surface area contributed by atoms with Crippen LogP contribution in [0.25, 0.3) is 0 Å². The van der Waals surface area contributed by atoms with Crippen molar-refractivity contribution < 1.29 is 18.5 Å². The maximum absolute atomic E-state index is 14.9. The molecule has 1 saturated heterocycles. The fourth-order valence-corrected chi connectivity index (χ4v) is 3.67. The van der Waals surface area contributed by atoms with Crippen LogP contribution >= 0.6 is 11.6 Å². The van der Waals surface area contributed by atoms with E-state index in [9.17, 15) is 9.18 Å². The van der Waals surface area contributed by atoms with Gasteiger partial charge in [-0.2, -0.15) is 0 Å². The van der Waals surface area contributed by atoms with E-state index in [1.54, 1.807) is 18.3 Å². The van der Waals surface area contributed by atoms with E-state index >= 15 is 0 Å². The summed E-state index contributed by atoms with van der Waals surface area (Å²) in [6.45, 7) is 8.20. The van der Waals surface area contributed by atoms with Gasteiger partial charge in [-0.05, 0) is 51.4 Å². The number of hydrogen-bond donors (Lipinski definition) is 0. The molecule has 1 amide bonds. The Kier molecular flexibility index (Phi) is 4.52. The number of aromatic nitrogens is 1. The van der Waals surface area contributed by atoms with Gasteiger partial charge in [0, 0.05) is 28.9 Å². The molecule has 2 aliphatic heterocycles. The van der Waals surface area contributed by atoms with E-state index in [1.807, 2.05) is 33.8 Å². The predicted octanol–water partition coefficient (Wildman–Crippen LogP) is 3.33. The van der Waals surface area contributed by atoms with E-state index < -0.39 is 24.1 Å². The standard InChI is InChI=1S/C20H21BClFN2O3/c1-19(2)20(3,4)28-21(27-19)13-8-15(22)14(16(23)9-13)11-25-10-12-6-5-7-24-17(12)18(25)26/h5-9H,10-11H2,1-4H3. The second-order valence-electron chi connectivity index (χ2n) is 8.22. The average molecular weight is 403 g/mol. The van der Waals surface area contributed by atoms with Crippen molar-refractivity contribution in [2.45, 2.75) is 52.0 Å². The Morgan fingerprint density at radius 1 is 1.25 bits per heavy atom. The van der Waals surface area contributed by atoms with Crippen LogP contribution in [0.15, 0.2) is 30.5 Å². The van der Waals surface area contributed by atoms with E-state index in [-0.39, 0.29) is 23.0 Å². The van der Waals surface area contributed by atoms with Gasteiger partial charge >= 0.3 is 7.12 Å². The van der Waals surface area contributed by atoms with Crippen molar-refractivity contribution in [1.82, 2.24) is 9.88 Å². The molecule has 2 aromatic rings. The van der Waals surface area contributed by atoms with Crippen LogP contribution in [-0.4, -0.2) is 34.1 Å². The van der Waals surface area contributed by atoms with Crippen LogP contribution in [0.3, 0.4) is 0 Å². The number of carbonyl (C=O) groups is 1. The third kappa shape index (κ3) is 3.11. The van der Waals surface area contributed by atoms with Gasteiger partial charge in [-0.1, -0.05) is 17.7 Å². The molecule has 0 aliphatic carbocycles. The minimum Gasteiger partial charge on any atom is -0.399 e. The van der Waals surface area contributed by atoms with Crippen molar-refractivity contribution in [1.29, 1.82) is 0 Å². The smallest absolute Gasteiger partial charge is 0.399 e. The predicted molar refractivity (Wildman–Crippen MR) is 105 cm³/mol. The molecule has 0 N–H and O–H groups in total. The first kappa shape index (κ1) is 19.4. The fraction of sp³-hybridized carbons (Fsp3) is 0.400. The lowest BCUT2D eigenvalue weighted by atomic mass is 9.78. The molecule has 8 heteroatoms. The first-order valence-electron chi connectivity index (χ1n) is 9.16. The lowest BCUT2D eigenvalue weighted by molar-refractivity contribution is 0.00578. The molecular formula is C20H21BClFN2O3. The molecule has 1 aromatic carbocycles. The molecule has 0 bridgehead atoms. The zero-order chi connectivity index (χ0) is 20.3. The maximum Gasteiger partial charge on any atom is 0.494 e. The molecular weight excluding hydrogens is 381 g/mol. The molecule has 28 heavy (non-hydrogen) atoms. The topological polar surface area (TPSA) is 51.7 Å². The quantitative estimate of drug-likeness (QED) is 0.739. The van der Waals surface area contributed by atoms with Gasteiger partial charge in [0.05, 0.1) is 17.7 Å². The third-order valence-electron chi connectivity index (χ3n) is 5.78. The molecule has 1 fully saturated rings. The molecule has 4 rings (SSSR count). The van der Waals surface area contributed by atoms with Crippen LogP contribution < -0.4 is 5.46 Å². The van der Waals surface area contributed by atoms with E-state index in [4.69, 9.17) is 20.9 Å². The zero-order valence-electron chi connectivity index (χ0n) is 16.3. The molecule has 3 heterocycles. The molecule has 0 unspecified atom stereocenters. The van der Waals surface area contributed by atoms with Gasteiger partial charge in [0.2, 0.25) is 0 Å². The Balaban J connectivity index is 1.57. The normalized spacial score (nSPS) is 20.0. The Bertz CT molecular complexity index is 927. The Morgan fingerprint density at radius 3 is 2.54 bits per heavy atom. The van der Waals surface area contributed by atoms with Gasteiger partial charge in [-0.15, -0.1) is 0 Å². The summed E-state index contributed by atoms with van der Waals surface area (Å²) in [7, 11) is -0.701. The van der Waals surface area contributed by atoms with Crippen molar-refractivity contribution in [3.8, 4) is 0 Å². The summed E-state index contributed by atoms with van der Waals surface area (Å²) in [6, 6.07) is 6.64. The number of hydrogen-bond acceptors (Lipinski definition) is 4. The molecule has 5 nitrogen and oxygen atoms in total. The summed E-state index contributed by atoms with van der Waals surface area (Å²) in [6.07, 6.45) is 1.58. The van der Waals surface area contributed by atoms with Crippen LogP contribution in [-0.2, 0) is 22.4 Å². The highest BCUT2D eigenvalue weighted by Gasteiger charge is 2.52. The van der Waals surface area contributed by atoms with Gasteiger partial charge in [-0.3, -0.25) is 9.78 Å². The van der Waals surface area contributed by atoms with E-state index in [0.717, 1.165) is 5.56 Å². The second kappa shape index (κ2) is 6.54. The number of benzene rings is 1. The largest absolute Gasteiger partial charge is 0.494 e. The number of rotatable bonds is 3. The molecule has 2 aliphatic rings. The molecule has 146 valence electrons. The van der Waals surface area contributed by atoms with Crippen LogP contribution in [0.1, 0.15) is 49.3 Å². The highest BCUT2D eigenvalue weighted by Crippen LogP contribution is 2.37. The van der Waals surface area contributed by atoms with Crippen LogP contribution in [0.4, 0.5) is 4.39 Å². The minimum atomic E-state index is -0.701. The summed E-state index contributed by atoms with van der Waals surface area (Å²) in [5.41, 5.74) is 0.969. The number of halogens is 2. The second-order valence-corrected chi connectivity index (χ2v) is 8.63. The van der Waals surface area contributed by atoms with Crippen LogP contribution in [0.2, 0.25) is 5.02 Å². The number of pyridine rings is 1. The molecule has 1 aromatic heterocycles. The first-order chi connectivity index (χ1) is 13.1. The Hall–Kier alpha value is -1.96. The number of carbonyl (C=O) groups excluding carboxylic acids is 1. The number of fused-ring (bicyclic) bond motifs is 1. The van der Waals surface area contributed by atoms with Crippen LogP contribution in [0, 0.1) is 5.82 Å². The van der Waals surface area contributed by atoms with Gasteiger partial charge in [-0.25, -0.2) is 4.39 Å². The van der Waals surface area contributed by atoms with Gasteiger partial charge < -0.3 is 14.2 Å². The van der Waals surface area contributed by atoms with Crippen molar-refractivity contribution >= 4 is 30.1 Å². The first-order valence-corrected chi connectivity index (χ1v) is 9.53. The highest BCUT2D eigenvalue weighted by atomic mass is 35.5. The summed E-state index contributed by atoms with van der Waals surface area (Å²) in [4.78, 5) is 18.2. The van der Waals surface area contributed by atoms with Crippen LogP contribution in [0.5, 0.6) is 0 Å². The fourth-order valence-electron chi connectivity index (χ4n) is 3.39. The monoisotopic (exact) mass is 402 g/mol. The van der Waals surface area contributed by atoms with Gasteiger partial charge in [0.1, 0.15) is 11.5 Å². The zero-order valence-corrected chi connectivity index (χ0v) is 17.0. The molecule has 0 atom stereocenters. The highest BCUT2D eigenvalue weighted by molar-refractivity contribution is 6.62. The minimum absolute atomic E-state index is 0.0729. The van der Waals surface area contributed by atoms with E-state index in [1.165, 1.54) is 11.0 Å².